The molecule has 0 N–H and O–H groups in total. The van der Waals surface area contributed by atoms with E-state index in [0.717, 1.165) is 24.3 Å². The van der Waals surface area contributed by atoms with Crippen molar-refractivity contribution < 1.29 is 18.7 Å². The Bertz CT molecular complexity index is 1090. The Hall–Kier alpha value is -4.09. The predicted molar refractivity (Wildman–Crippen MR) is 117 cm³/mol. The van der Waals surface area contributed by atoms with Gasteiger partial charge in [0.2, 0.25) is 0 Å². The van der Waals surface area contributed by atoms with Crippen molar-refractivity contribution in [1.29, 1.82) is 5.26 Å². The first-order chi connectivity index (χ1) is 15.0. The van der Waals surface area contributed by atoms with Crippen LogP contribution in [0.3, 0.4) is 0 Å². The minimum Gasteiger partial charge on any atom is -0.494 e. The Morgan fingerprint density at radius 1 is 0.935 bits per heavy atom. The van der Waals surface area contributed by atoms with Crippen LogP contribution in [0, 0.1) is 35.9 Å². The van der Waals surface area contributed by atoms with Crippen molar-refractivity contribution in [1.82, 2.24) is 0 Å². The van der Waals surface area contributed by atoms with Crippen molar-refractivity contribution in [2.75, 3.05) is 6.61 Å². The SMILES string of the molecule is CCCOc1ccc(C)cc1.N#Cc1ccc(C#Cc2ccc(OC=O)c(F)c2)cc1. The van der Waals surface area contributed by atoms with E-state index in [9.17, 15) is 9.18 Å². The number of aryl methyl sites for hydroxylation is 1. The van der Waals surface area contributed by atoms with Gasteiger partial charge in [0.25, 0.3) is 6.47 Å². The lowest BCUT2D eigenvalue weighted by Crippen LogP contribution is -1.94. The molecule has 156 valence electrons. The Labute approximate surface area is 181 Å². The molecule has 0 aliphatic carbocycles. The number of carbonyl (C=O) groups is 1. The number of ether oxygens (including phenoxy) is 2. The van der Waals surface area contributed by atoms with Gasteiger partial charge in [0, 0.05) is 11.1 Å². The predicted octanol–water partition coefficient (Wildman–Crippen LogP) is 5.42. The molecule has 0 aromatic heterocycles. The van der Waals surface area contributed by atoms with Crippen LogP contribution in [0.1, 0.15) is 35.6 Å². The lowest BCUT2D eigenvalue weighted by atomic mass is 10.1. The van der Waals surface area contributed by atoms with Crippen LogP contribution in [-0.2, 0) is 4.79 Å². The number of nitriles is 1. The van der Waals surface area contributed by atoms with Gasteiger partial charge in [-0.25, -0.2) is 4.39 Å². The van der Waals surface area contributed by atoms with E-state index in [0.29, 0.717) is 11.1 Å². The summed E-state index contributed by atoms with van der Waals surface area (Å²) >= 11 is 0. The van der Waals surface area contributed by atoms with Gasteiger partial charge in [-0.2, -0.15) is 5.26 Å². The molecule has 0 atom stereocenters. The largest absolute Gasteiger partial charge is 0.494 e. The maximum absolute atomic E-state index is 13.5. The van der Waals surface area contributed by atoms with Crippen molar-refractivity contribution >= 4 is 6.47 Å². The van der Waals surface area contributed by atoms with Gasteiger partial charge in [0.1, 0.15) is 5.75 Å². The summed E-state index contributed by atoms with van der Waals surface area (Å²) in [5.41, 5.74) is 3.01. The molecule has 5 heteroatoms. The highest BCUT2D eigenvalue weighted by molar-refractivity contribution is 5.49. The number of benzene rings is 3. The highest BCUT2D eigenvalue weighted by Crippen LogP contribution is 2.17. The summed E-state index contributed by atoms with van der Waals surface area (Å²) in [5.74, 6) is 5.83. The Morgan fingerprint density at radius 2 is 1.55 bits per heavy atom. The maximum atomic E-state index is 13.5. The monoisotopic (exact) mass is 415 g/mol. The van der Waals surface area contributed by atoms with Crippen LogP contribution in [0.4, 0.5) is 4.39 Å². The van der Waals surface area contributed by atoms with Gasteiger partial charge < -0.3 is 9.47 Å². The molecule has 0 saturated heterocycles. The van der Waals surface area contributed by atoms with E-state index in [1.165, 1.54) is 17.7 Å². The van der Waals surface area contributed by atoms with E-state index < -0.39 is 5.82 Å². The summed E-state index contributed by atoms with van der Waals surface area (Å²) in [6.45, 7) is 5.15. The minimum atomic E-state index is -0.649. The summed E-state index contributed by atoms with van der Waals surface area (Å²) in [6.07, 6.45) is 1.06. The van der Waals surface area contributed by atoms with Crippen LogP contribution in [-0.4, -0.2) is 13.1 Å². The summed E-state index contributed by atoms with van der Waals surface area (Å²) in [5, 5.41) is 8.67. The van der Waals surface area contributed by atoms with Gasteiger partial charge in [0.15, 0.2) is 11.6 Å². The summed E-state index contributed by atoms with van der Waals surface area (Å²) in [4.78, 5) is 10.1. The van der Waals surface area contributed by atoms with Gasteiger partial charge in [-0.05, 0) is 67.9 Å². The second-order valence-electron chi connectivity index (χ2n) is 6.46. The van der Waals surface area contributed by atoms with E-state index >= 15 is 0 Å². The molecule has 0 fully saturated rings. The first-order valence-corrected chi connectivity index (χ1v) is 9.67. The van der Waals surface area contributed by atoms with Crippen LogP contribution in [0.15, 0.2) is 66.7 Å². The van der Waals surface area contributed by atoms with Gasteiger partial charge >= 0.3 is 0 Å². The van der Waals surface area contributed by atoms with Gasteiger partial charge in [0.05, 0.1) is 18.2 Å². The molecule has 0 aliphatic rings. The fourth-order valence-corrected chi connectivity index (χ4v) is 2.35. The van der Waals surface area contributed by atoms with Crippen molar-refractivity contribution in [3.63, 3.8) is 0 Å². The standard InChI is InChI=1S/C16H8FNO2.C10H14O/c17-15-9-13(7-8-16(15)20-11-19)4-1-12-2-5-14(10-18)6-3-12;1-3-8-11-10-6-4-9(2)5-7-10/h2-3,5-9,11H;4-7H,3,8H2,1-2H3. The summed E-state index contributed by atoms with van der Waals surface area (Å²) in [6, 6.07) is 21.0. The number of hydrogen-bond donors (Lipinski definition) is 0. The molecule has 0 aliphatic heterocycles. The van der Waals surface area contributed by atoms with Gasteiger partial charge in [-0.3, -0.25) is 4.79 Å². The molecule has 4 nitrogen and oxygen atoms in total. The van der Waals surface area contributed by atoms with Crippen molar-refractivity contribution in [2.24, 2.45) is 0 Å². The lowest BCUT2D eigenvalue weighted by molar-refractivity contribution is -0.120. The van der Waals surface area contributed by atoms with Crippen LogP contribution < -0.4 is 9.47 Å². The Balaban J connectivity index is 0.000000262. The third kappa shape index (κ3) is 8.04. The number of rotatable bonds is 5. The number of hydrogen-bond acceptors (Lipinski definition) is 4. The lowest BCUT2D eigenvalue weighted by Gasteiger charge is -2.03. The molecule has 0 heterocycles. The van der Waals surface area contributed by atoms with E-state index in [1.54, 1.807) is 30.3 Å². The minimum absolute atomic E-state index is 0.135. The quantitative estimate of drug-likeness (QED) is 0.413. The maximum Gasteiger partial charge on any atom is 0.298 e. The molecular weight excluding hydrogens is 393 g/mol. The van der Waals surface area contributed by atoms with E-state index in [-0.39, 0.29) is 12.2 Å². The highest BCUT2D eigenvalue weighted by Gasteiger charge is 2.03. The first-order valence-electron chi connectivity index (χ1n) is 9.67. The molecule has 3 aromatic rings. The molecule has 3 aromatic carbocycles. The second-order valence-corrected chi connectivity index (χ2v) is 6.46. The van der Waals surface area contributed by atoms with Crippen LogP contribution >= 0.6 is 0 Å². The van der Waals surface area contributed by atoms with Gasteiger partial charge in [-0.1, -0.05) is 36.5 Å². The zero-order valence-corrected chi connectivity index (χ0v) is 17.4. The third-order valence-corrected chi connectivity index (χ3v) is 3.97. The van der Waals surface area contributed by atoms with Gasteiger partial charge in [-0.15, -0.1) is 0 Å². The zero-order chi connectivity index (χ0) is 22.5. The van der Waals surface area contributed by atoms with Crippen LogP contribution in [0.2, 0.25) is 0 Å². The fourth-order valence-electron chi connectivity index (χ4n) is 2.35. The zero-order valence-electron chi connectivity index (χ0n) is 17.4. The van der Waals surface area contributed by atoms with E-state index in [4.69, 9.17) is 10.00 Å². The molecule has 3 rings (SSSR count). The molecule has 31 heavy (non-hydrogen) atoms. The van der Waals surface area contributed by atoms with Crippen molar-refractivity contribution in [2.45, 2.75) is 20.3 Å². The topological polar surface area (TPSA) is 59.3 Å². The van der Waals surface area contributed by atoms with Crippen LogP contribution in [0.25, 0.3) is 0 Å². The molecule has 0 radical (unpaired) electrons. The molecule has 0 spiro atoms. The number of halogens is 1. The molecule has 0 saturated carbocycles. The van der Waals surface area contributed by atoms with E-state index in [2.05, 4.69) is 42.6 Å². The Kier molecular flexibility index (Phi) is 9.33. The average molecular weight is 415 g/mol. The molecule has 0 bridgehead atoms. The highest BCUT2D eigenvalue weighted by atomic mass is 19.1. The Morgan fingerprint density at radius 3 is 2.13 bits per heavy atom. The number of carbonyl (C=O) groups excluding carboxylic acids is 1. The van der Waals surface area contributed by atoms with Crippen molar-refractivity contribution in [3.05, 3.63) is 94.8 Å². The van der Waals surface area contributed by atoms with E-state index in [1.807, 2.05) is 18.2 Å². The molecule has 0 unspecified atom stereocenters. The average Bonchev–Trinajstić information content (AvgIpc) is 2.80. The number of nitrogens with zero attached hydrogens (tertiary/aromatic N) is 1. The smallest absolute Gasteiger partial charge is 0.298 e. The second kappa shape index (κ2) is 12.5. The van der Waals surface area contributed by atoms with Crippen LogP contribution in [0.5, 0.6) is 11.5 Å². The normalized spacial score (nSPS) is 9.23. The fraction of sp³-hybridized carbons (Fsp3) is 0.154. The molecular formula is C26H22FNO3. The molecule has 0 amide bonds. The third-order valence-electron chi connectivity index (χ3n) is 3.97. The summed E-state index contributed by atoms with van der Waals surface area (Å²) in [7, 11) is 0. The first kappa shape index (κ1) is 23.2. The summed E-state index contributed by atoms with van der Waals surface area (Å²) < 4.78 is 23.3. The van der Waals surface area contributed by atoms with Crippen molar-refractivity contribution in [3.8, 4) is 29.4 Å².